The molecule has 0 aliphatic heterocycles. The maximum absolute atomic E-state index is 12.2. The van der Waals surface area contributed by atoms with Crippen molar-refractivity contribution < 1.29 is 18.3 Å². The number of benzene rings is 1. The number of carboxylic acids is 1. The monoisotopic (exact) mass is 299 g/mol. The van der Waals surface area contributed by atoms with E-state index >= 15 is 0 Å². The fraction of sp³-hybridized carbons (Fsp3) is 0.500. The van der Waals surface area contributed by atoms with Gasteiger partial charge in [-0.15, -0.1) is 0 Å². The van der Waals surface area contributed by atoms with Crippen LogP contribution in [0.25, 0.3) is 0 Å². The van der Waals surface area contributed by atoms with Gasteiger partial charge in [0.2, 0.25) is 10.0 Å². The zero-order valence-electron chi connectivity index (χ0n) is 12.2. The van der Waals surface area contributed by atoms with E-state index in [9.17, 15) is 13.2 Å². The standard InChI is InChI=1S/C14H21NO4S/c1-10-5-7-11(8-6-10)20(18,19)15-12(13(16)17)9-14(2,3)4/h5-8,12,15H,9H2,1-4H3,(H,16,17)/t12-/m1/s1. The molecule has 1 rings (SSSR count). The Morgan fingerprint density at radius 2 is 1.75 bits per heavy atom. The highest BCUT2D eigenvalue weighted by Gasteiger charge is 2.29. The Balaban J connectivity index is 2.97. The van der Waals surface area contributed by atoms with E-state index in [0.29, 0.717) is 0 Å². The molecule has 5 nitrogen and oxygen atoms in total. The minimum Gasteiger partial charge on any atom is -0.480 e. The van der Waals surface area contributed by atoms with Crippen molar-refractivity contribution >= 4 is 16.0 Å². The van der Waals surface area contributed by atoms with Crippen LogP contribution in [0.2, 0.25) is 0 Å². The van der Waals surface area contributed by atoms with Crippen molar-refractivity contribution in [2.24, 2.45) is 5.41 Å². The minimum absolute atomic E-state index is 0.0725. The van der Waals surface area contributed by atoms with Crippen LogP contribution in [0.1, 0.15) is 32.8 Å². The molecule has 0 saturated heterocycles. The van der Waals surface area contributed by atoms with E-state index in [1.165, 1.54) is 12.1 Å². The van der Waals surface area contributed by atoms with Crippen molar-refractivity contribution in [2.45, 2.75) is 45.1 Å². The summed E-state index contributed by atoms with van der Waals surface area (Å²) >= 11 is 0. The van der Waals surface area contributed by atoms with Gasteiger partial charge in [0.15, 0.2) is 0 Å². The van der Waals surface area contributed by atoms with Crippen molar-refractivity contribution in [1.29, 1.82) is 0 Å². The molecular weight excluding hydrogens is 278 g/mol. The van der Waals surface area contributed by atoms with Crippen molar-refractivity contribution in [3.63, 3.8) is 0 Å². The van der Waals surface area contributed by atoms with Gasteiger partial charge < -0.3 is 5.11 Å². The molecule has 0 aliphatic carbocycles. The molecule has 0 bridgehead atoms. The fourth-order valence-corrected chi connectivity index (χ4v) is 2.95. The molecule has 0 amide bonds. The van der Waals surface area contributed by atoms with Gasteiger partial charge in [0, 0.05) is 0 Å². The van der Waals surface area contributed by atoms with Crippen LogP contribution in [-0.2, 0) is 14.8 Å². The third-order valence-electron chi connectivity index (χ3n) is 2.74. The lowest BCUT2D eigenvalue weighted by atomic mass is 9.88. The quantitative estimate of drug-likeness (QED) is 0.872. The predicted octanol–water partition coefficient (Wildman–Crippen LogP) is 2.16. The molecule has 1 aromatic carbocycles. The Morgan fingerprint density at radius 3 is 2.15 bits per heavy atom. The highest BCUT2D eigenvalue weighted by atomic mass is 32.2. The van der Waals surface area contributed by atoms with Crippen molar-refractivity contribution in [3.05, 3.63) is 29.8 Å². The van der Waals surface area contributed by atoms with Crippen LogP contribution in [0.15, 0.2) is 29.2 Å². The number of nitrogens with one attached hydrogen (secondary N) is 1. The molecule has 1 atom stereocenters. The summed E-state index contributed by atoms with van der Waals surface area (Å²) in [6.07, 6.45) is 0.216. The molecular formula is C14H21NO4S. The fourth-order valence-electron chi connectivity index (χ4n) is 1.76. The second-order valence-electron chi connectivity index (χ2n) is 6.09. The number of carboxylic acid groups (broad SMARTS) is 1. The first kappa shape index (κ1) is 16.7. The first-order valence-electron chi connectivity index (χ1n) is 6.33. The summed E-state index contributed by atoms with van der Waals surface area (Å²) in [5.74, 6) is -1.17. The number of hydrogen-bond donors (Lipinski definition) is 2. The number of hydrogen-bond acceptors (Lipinski definition) is 3. The van der Waals surface area contributed by atoms with Gasteiger partial charge in [-0.3, -0.25) is 4.79 Å². The molecule has 0 unspecified atom stereocenters. The summed E-state index contributed by atoms with van der Waals surface area (Å²) in [5.41, 5.74) is 0.646. The summed E-state index contributed by atoms with van der Waals surface area (Å²) < 4.78 is 26.6. The normalized spacial score (nSPS) is 14.0. The van der Waals surface area contributed by atoms with Crippen LogP contribution in [0.4, 0.5) is 0 Å². The summed E-state index contributed by atoms with van der Waals surface area (Å²) in [6, 6.07) is 5.14. The Bertz CT molecular complexity index is 570. The van der Waals surface area contributed by atoms with Crippen molar-refractivity contribution in [1.82, 2.24) is 4.72 Å². The molecule has 2 N–H and O–H groups in total. The molecule has 1 aromatic rings. The summed E-state index contributed by atoms with van der Waals surface area (Å²) in [5, 5.41) is 9.16. The van der Waals surface area contributed by atoms with E-state index in [1.54, 1.807) is 12.1 Å². The zero-order chi connectivity index (χ0) is 15.6. The van der Waals surface area contributed by atoms with E-state index in [0.717, 1.165) is 5.56 Å². The highest BCUT2D eigenvalue weighted by molar-refractivity contribution is 7.89. The van der Waals surface area contributed by atoms with Crippen LogP contribution in [-0.4, -0.2) is 25.5 Å². The van der Waals surface area contributed by atoms with Crippen LogP contribution < -0.4 is 4.72 Å². The Kier molecular flexibility index (Phi) is 4.94. The molecule has 0 fully saturated rings. The van der Waals surface area contributed by atoms with E-state index in [-0.39, 0.29) is 16.7 Å². The minimum atomic E-state index is -3.82. The van der Waals surface area contributed by atoms with Crippen molar-refractivity contribution in [3.8, 4) is 0 Å². The summed E-state index contributed by atoms with van der Waals surface area (Å²) in [7, 11) is -3.82. The first-order valence-corrected chi connectivity index (χ1v) is 7.81. The SMILES string of the molecule is Cc1ccc(S(=O)(=O)N[C@H](CC(C)(C)C)C(=O)O)cc1. The highest BCUT2D eigenvalue weighted by Crippen LogP contribution is 2.22. The number of sulfonamides is 1. The van der Waals surface area contributed by atoms with Gasteiger partial charge in [-0.25, -0.2) is 8.42 Å². The molecule has 0 radical (unpaired) electrons. The van der Waals surface area contributed by atoms with Gasteiger partial charge in [-0.05, 0) is 30.9 Å². The van der Waals surface area contributed by atoms with Gasteiger partial charge in [-0.2, -0.15) is 4.72 Å². The van der Waals surface area contributed by atoms with Crippen LogP contribution in [0.5, 0.6) is 0 Å². The third kappa shape index (κ3) is 4.94. The average Bonchev–Trinajstić information content (AvgIpc) is 2.26. The molecule has 20 heavy (non-hydrogen) atoms. The lowest BCUT2D eigenvalue weighted by Crippen LogP contribution is -2.42. The average molecular weight is 299 g/mol. The predicted molar refractivity (Wildman–Crippen MR) is 77.0 cm³/mol. The molecule has 6 heteroatoms. The van der Waals surface area contributed by atoms with Gasteiger partial charge in [0.1, 0.15) is 6.04 Å². The Morgan fingerprint density at radius 1 is 1.25 bits per heavy atom. The number of aryl methyl sites for hydroxylation is 1. The first-order chi connectivity index (χ1) is 9.01. The molecule has 0 aromatic heterocycles. The topological polar surface area (TPSA) is 83.5 Å². The number of aliphatic carboxylic acids is 1. The lowest BCUT2D eigenvalue weighted by molar-refractivity contribution is -0.139. The van der Waals surface area contributed by atoms with E-state index in [2.05, 4.69) is 4.72 Å². The summed E-state index contributed by atoms with van der Waals surface area (Å²) in [4.78, 5) is 11.3. The Labute approximate surface area is 120 Å². The maximum Gasteiger partial charge on any atom is 0.321 e. The van der Waals surface area contributed by atoms with Gasteiger partial charge >= 0.3 is 5.97 Å². The molecule has 0 spiro atoms. The zero-order valence-corrected chi connectivity index (χ0v) is 13.0. The van der Waals surface area contributed by atoms with Gasteiger partial charge in [0.25, 0.3) is 0 Å². The van der Waals surface area contributed by atoms with E-state index in [4.69, 9.17) is 5.11 Å². The number of carbonyl (C=O) groups is 1. The molecule has 0 heterocycles. The maximum atomic E-state index is 12.2. The van der Waals surface area contributed by atoms with Crippen LogP contribution in [0.3, 0.4) is 0 Å². The Hall–Kier alpha value is -1.40. The van der Waals surface area contributed by atoms with Gasteiger partial charge in [-0.1, -0.05) is 38.5 Å². The van der Waals surface area contributed by atoms with E-state index < -0.39 is 22.0 Å². The largest absolute Gasteiger partial charge is 0.480 e. The van der Waals surface area contributed by atoms with E-state index in [1.807, 2.05) is 27.7 Å². The smallest absolute Gasteiger partial charge is 0.321 e. The second kappa shape index (κ2) is 5.93. The molecule has 0 saturated carbocycles. The second-order valence-corrected chi connectivity index (χ2v) is 7.80. The molecule has 112 valence electrons. The summed E-state index contributed by atoms with van der Waals surface area (Å²) in [6.45, 7) is 7.44. The molecule has 0 aliphatic rings. The van der Waals surface area contributed by atoms with Crippen LogP contribution >= 0.6 is 0 Å². The lowest BCUT2D eigenvalue weighted by Gasteiger charge is -2.23. The van der Waals surface area contributed by atoms with Crippen LogP contribution in [0, 0.1) is 12.3 Å². The van der Waals surface area contributed by atoms with Crippen molar-refractivity contribution in [2.75, 3.05) is 0 Å². The third-order valence-corrected chi connectivity index (χ3v) is 4.23. The number of rotatable bonds is 5. The van der Waals surface area contributed by atoms with Gasteiger partial charge in [0.05, 0.1) is 4.90 Å².